The van der Waals surface area contributed by atoms with Gasteiger partial charge in [-0.05, 0) is 19.9 Å². The van der Waals surface area contributed by atoms with Crippen LogP contribution in [-0.4, -0.2) is 16.1 Å². The number of aromatic nitrogens is 2. The third kappa shape index (κ3) is 2.14. The Labute approximate surface area is 95.9 Å². The summed E-state index contributed by atoms with van der Waals surface area (Å²) in [6.45, 7) is 3.73. The molecule has 16 heavy (non-hydrogen) atoms. The quantitative estimate of drug-likeness (QED) is 0.849. The van der Waals surface area contributed by atoms with Gasteiger partial charge in [0.05, 0.1) is 0 Å². The summed E-state index contributed by atoms with van der Waals surface area (Å²) in [7, 11) is 0. The molecule has 2 rings (SSSR count). The molecule has 0 saturated heterocycles. The average Bonchev–Trinajstić information content (AvgIpc) is 2.69. The largest absolute Gasteiger partial charge is 0.330 e. The lowest BCUT2D eigenvalue weighted by atomic mass is 10.2. The first-order valence-electron chi connectivity index (χ1n) is 5.60. The molecular formula is C13H17N3. The Morgan fingerprint density at radius 1 is 1.25 bits per heavy atom. The highest BCUT2D eigenvalue weighted by molar-refractivity contribution is 5.55. The van der Waals surface area contributed by atoms with E-state index in [2.05, 4.69) is 28.6 Å². The van der Waals surface area contributed by atoms with Crippen LogP contribution in [0.15, 0.2) is 36.5 Å². The maximum Gasteiger partial charge on any atom is 0.140 e. The van der Waals surface area contributed by atoms with Gasteiger partial charge in [-0.15, -0.1) is 0 Å². The second kappa shape index (κ2) is 4.94. The number of rotatable bonds is 4. The van der Waals surface area contributed by atoms with Crippen LogP contribution in [0.2, 0.25) is 0 Å². The SMILES string of the molecule is Cc1cnc(-c2ccccc2)n1CCCN. The lowest BCUT2D eigenvalue weighted by Gasteiger charge is -2.09. The summed E-state index contributed by atoms with van der Waals surface area (Å²) in [6.07, 6.45) is 2.90. The van der Waals surface area contributed by atoms with Crippen molar-refractivity contribution in [1.29, 1.82) is 0 Å². The number of benzene rings is 1. The predicted molar refractivity (Wildman–Crippen MR) is 66.1 cm³/mol. The minimum absolute atomic E-state index is 0.714. The Balaban J connectivity index is 2.34. The van der Waals surface area contributed by atoms with Crippen LogP contribution in [-0.2, 0) is 6.54 Å². The lowest BCUT2D eigenvalue weighted by molar-refractivity contribution is 0.642. The summed E-state index contributed by atoms with van der Waals surface area (Å²) in [6, 6.07) is 10.3. The zero-order valence-electron chi connectivity index (χ0n) is 9.56. The van der Waals surface area contributed by atoms with Crippen molar-refractivity contribution < 1.29 is 0 Å². The normalized spacial score (nSPS) is 10.6. The molecule has 0 fully saturated rings. The van der Waals surface area contributed by atoms with Crippen LogP contribution in [0.1, 0.15) is 12.1 Å². The molecule has 84 valence electrons. The van der Waals surface area contributed by atoms with Gasteiger partial charge < -0.3 is 10.3 Å². The van der Waals surface area contributed by atoms with Gasteiger partial charge in [-0.1, -0.05) is 30.3 Å². The average molecular weight is 215 g/mol. The van der Waals surface area contributed by atoms with Gasteiger partial charge in [-0.2, -0.15) is 0 Å². The van der Waals surface area contributed by atoms with Gasteiger partial charge >= 0.3 is 0 Å². The molecule has 0 spiro atoms. The summed E-state index contributed by atoms with van der Waals surface area (Å²) in [5.41, 5.74) is 7.90. The van der Waals surface area contributed by atoms with Crippen LogP contribution < -0.4 is 5.73 Å². The van der Waals surface area contributed by atoms with E-state index in [4.69, 9.17) is 5.73 Å². The number of aryl methyl sites for hydroxylation is 1. The second-order valence-electron chi connectivity index (χ2n) is 3.88. The summed E-state index contributed by atoms with van der Waals surface area (Å²) < 4.78 is 2.22. The van der Waals surface area contributed by atoms with Crippen molar-refractivity contribution in [3.63, 3.8) is 0 Å². The highest BCUT2D eigenvalue weighted by Crippen LogP contribution is 2.19. The topological polar surface area (TPSA) is 43.8 Å². The van der Waals surface area contributed by atoms with Crippen molar-refractivity contribution in [2.75, 3.05) is 6.54 Å². The van der Waals surface area contributed by atoms with E-state index >= 15 is 0 Å². The zero-order chi connectivity index (χ0) is 11.4. The van der Waals surface area contributed by atoms with Crippen LogP contribution in [0.3, 0.4) is 0 Å². The number of nitrogens with zero attached hydrogens (tertiary/aromatic N) is 2. The molecule has 0 amide bonds. The van der Waals surface area contributed by atoms with E-state index in [0.717, 1.165) is 24.4 Å². The van der Waals surface area contributed by atoms with Crippen LogP contribution in [0, 0.1) is 6.92 Å². The van der Waals surface area contributed by atoms with Crippen LogP contribution >= 0.6 is 0 Å². The van der Waals surface area contributed by atoms with E-state index < -0.39 is 0 Å². The van der Waals surface area contributed by atoms with E-state index in [0.29, 0.717) is 6.54 Å². The molecule has 0 aliphatic carbocycles. The van der Waals surface area contributed by atoms with E-state index in [-0.39, 0.29) is 0 Å². The van der Waals surface area contributed by atoms with Crippen LogP contribution in [0.25, 0.3) is 11.4 Å². The fourth-order valence-electron chi connectivity index (χ4n) is 1.81. The standard InChI is InChI=1S/C13H17N3/c1-11-10-15-13(16(11)9-5-8-14)12-6-3-2-4-7-12/h2-4,6-7,10H,5,8-9,14H2,1H3. The van der Waals surface area contributed by atoms with Gasteiger partial charge in [0.1, 0.15) is 5.82 Å². The summed E-state index contributed by atoms with van der Waals surface area (Å²) in [5, 5.41) is 0. The first kappa shape index (κ1) is 10.9. The monoisotopic (exact) mass is 215 g/mol. The fourth-order valence-corrected chi connectivity index (χ4v) is 1.81. The van der Waals surface area contributed by atoms with Crippen molar-refractivity contribution >= 4 is 0 Å². The molecule has 1 aromatic heterocycles. The Hall–Kier alpha value is -1.61. The minimum atomic E-state index is 0.714. The molecule has 0 bridgehead atoms. The van der Waals surface area contributed by atoms with E-state index in [1.54, 1.807) is 0 Å². The first-order chi connectivity index (χ1) is 7.83. The number of hydrogen-bond acceptors (Lipinski definition) is 2. The van der Waals surface area contributed by atoms with E-state index in [1.165, 1.54) is 5.69 Å². The highest BCUT2D eigenvalue weighted by atomic mass is 15.1. The smallest absolute Gasteiger partial charge is 0.140 e. The molecule has 2 N–H and O–H groups in total. The maximum absolute atomic E-state index is 5.55. The van der Waals surface area contributed by atoms with E-state index in [9.17, 15) is 0 Å². The van der Waals surface area contributed by atoms with Crippen molar-refractivity contribution in [2.45, 2.75) is 19.9 Å². The highest BCUT2D eigenvalue weighted by Gasteiger charge is 2.07. The molecule has 0 atom stereocenters. The van der Waals surface area contributed by atoms with E-state index in [1.807, 2.05) is 24.4 Å². The third-order valence-corrected chi connectivity index (χ3v) is 2.67. The zero-order valence-corrected chi connectivity index (χ0v) is 9.56. The second-order valence-corrected chi connectivity index (χ2v) is 3.88. The molecule has 3 heteroatoms. The summed E-state index contributed by atoms with van der Waals surface area (Å²) >= 11 is 0. The molecular weight excluding hydrogens is 198 g/mol. The summed E-state index contributed by atoms with van der Waals surface area (Å²) in [5.74, 6) is 1.03. The van der Waals surface area contributed by atoms with Gasteiger partial charge in [0.2, 0.25) is 0 Å². The van der Waals surface area contributed by atoms with Gasteiger partial charge in [-0.25, -0.2) is 4.98 Å². The van der Waals surface area contributed by atoms with Crippen LogP contribution in [0.5, 0.6) is 0 Å². The molecule has 3 nitrogen and oxygen atoms in total. The molecule has 0 radical (unpaired) electrons. The Morgan fingerprint density at radius 3 is 2.69 bits per heavy atom. The molecule has 0 saturated carbocycles. The predicted octanol–water partition coefficient (Wildman–Crippen LogP) is 2.21. The van der Waals surface area contributed by atoms with Crippen molar-refractivity contribution in [3.8, 4) is 11.4 Å². The van der Waals surface area contributed by atoms with Gasteiger partial charge in [0.15, 0.2) is 0 Å². The Bertz CT molecular complexity index is 445. The molecule has 2 aromatic rings. The van der Waals surface area contributed by atoms with Crippen molar-refractivity contribution in [3.05, 3.63) is 42.2 Å². The summed E-state index contributed by atoms with van der Waals surface area (Å²) in [4.78, 5) is 4.46. The third-order valence-electron chi connectivity index (χ3n) is 2.67. The number of nitrogens with two attached hydrogens (primary N) is 1. The Morgan fingerprint density at radius 2 is 2.00 bits per heavy atom. The molecule has 1 heterocycles. The van der Waals surface area contributed by atoms with Crippen molar-refractivity contribution in [2.24, 2.45) is 5.73 Å². The number of imidazole rings is 1. The fraction of sp³-hybridized carbons (Fsp3) is 0.308. The van der Waals surface area contributed by atoms with Crippen LogP contribution in [0.4, 0.5) is 0 Å². The Kier molecular flexibility index (Phi) is 3.37. The first-order valence-corrected chi connectivity index (χ1v) is 5.60. The molecule has 0 aliphatic rings. The molecule has 0 unspecified atom stereocenters. The maximum atomic E-state index is 5.55. The molecule has 1 aromatic carbocycles. The van der Waals surface area contributed by atoms with Gasteiger partial charge in [0.25, 0.3) is 0 Å². The minimum Gasteiger partial charge on any atom is -0.330 e. The lowest BCUT2D eigenvalue weighted by Crippen LogP contribution is -2.08. The number of hydrogen-bond donors (Lipinski definition) is 1. The molecule has 0 aliphatic heterocycles. The van der Waals surface area contributed by atoms with Gasteiger partial charge in [0, 0.05) is 24.0 Å². The van der Waals surface area contributed by atoms with Crippen molar-refractivity contribution in [1.82, 2.24) is 9.55 Å². The van der Waals surface area contributed by atoms with Gasteiger partial charge in [-0.3, -0.25) is 0 Å².